The Morgan fingerprint density at radius 1 is 1.00 bits per heavy atom. The van der Waals surface area contributed by atoms with Crippen LogP contribution in [0.4, 0.5) is 0 Å². The first-order chi connectivity index (χ1) is 17.3. The van der Waals surface area contributed by atoms with Gasteiger partial charge in [-0.3, -0.25) is 0 Å². The molecule has 0 bridgehead atoms. The molecule has 0 fully saturated rings. The second-order valence-electron chi connectivity index (χ2n) is 9.49. The lowest BCUT2D eigenvalue weighted by Crippen LogP contribution is -2.46. The maximum Gasteiger partial charge on any atom is 0.344 e. The van der Waals surface area contributed by atoms with Crippen molar-refractivity contribution in [2.45, 2.75) is 38.8 Å². The average Bonchev–Trinajstić information content (AvgIpc) is 3.25. The van der Waals surface area contributed by atoms with Gasteiger partial charge in [0.25, 0.3) is 0 Å². The number of esters is 1. The fraction of sp³-hybridized carbons (Fsp3) is 0.345. The number of benzene rings is 3. The number of para-hydroxylation sites is 1. The minimum Gasteiger partial charge on any atom is -0.490 e. The van der Waals surface area contributed by atoms with Crippen LogP contribution in [-0.4, -0.2) is 54.1 Å². The Bertz CT molecular complexity index is 1300. The van der Waals surface area contributed by atoms with Gasteiger partial charge < -0.3 is 29.6 Å². The fourth-order valence-corrected chi connectivity index (χ4v) is 4.25. The second-order valence-corrected chi connectivity index (χ2v) is 9.49. The molecule has 3 aromatic carbocycles. The van der Waals surface area contributed by atoms with Crippen molar-refractivity contribution in [1.82, 2.24) is 10.3 Å². The van der Waals surface area contributed by atoms with Crippen LogP contribution in [0.5, 0.6) is 11.5 Å². The predicted molar refractivity (Wildman–Crippen MR) is 142 cm³/mol. The van der Waals surface area contributed by atoms with Crippen LogP contribution in [0.1, 0.15) is 26.3 Å². The number of aromatic amines is 1. The van der Waals surface area contributed by atoms with Gasteiger partial charge in [-0.25, -0.2) is 4.79 Å². The van der Waals surface area contributed by atoms with Crippen molar-refractivity contribution in [2.75, 3.05) is 26.4 Å². The third-order valence-corrected chi connectivity index (χ3v) is 5.97. The van der Waals surface area contributed by atoms with Crippen LogP contribution in [0.15, 0.2) is 66.7 Å². The summed E-state index contributed by atoms with van der Waals surface area (Å²) in [4.78, 5) is 14.8. The minimum atomic E-state index is -0.664. The van der Waals surface area contributed by atoms with E-state index in [1.165, 1.54) is 0 Å². The maximum absolute atomic E-state index is 11.4. The first-order valence-electron chi connectivity index (χ1n) is 12.3. The van der Waals surface area contributed by atoms with Gasteiger partial charge in [-0.05, 0) is 63.1 Å². The molecule has 0 spiro atoms. The summed E-state index contributed by atoms with van der Waals surface area (Å²) in [5.41, 5.74) is 2.95. The lowest BCUT2D eigenvalue weighted by atomic mass is 9.94. The van der Waals surface area contributed by atoms with E-state index in [-0.39, 0.29) is 24.7 Å². The Labute approximate surface area is 211 Å². The van der Waals surface area contributed by atoms with Crippen LogP contribution in [0.3, 0.4) is 0 Å². The van der Waals surface area contributed by atoms with Gasteiger partial charge in [0, 0.05) is 28.4 Å². The largest absolute Gasteiger partial charge is 0.490 e. The van der Waals surface area contributed by atoms with Crippen LogP contribution < -0.4 is 14.8 Å². The number of aromatic nitrogens is 1. The Morgan fingerprint density at radius 2 is 1.75 bits per heavy atom. The molecule has 1 heterocycles. The summed E-state index contributed by atoms with van der Waals surface area (Å²) in [6.45, 7) is 6.78. The molecule has 7 nitrogen and oxygen atoms in total. The summed E-state index contributed by atoms with van der Waals surface area (Å²) in [6.07, 6.45) is 0.0938. The van der Waals surface area contributed by atoms with Crippen LogP contribution in [-0.2, 0) is 16.0 Å². The number of hydrogen-bond donors (Lipinski definition) is 3. The van der Waals surface area contributed by atoms with Crippen molar-refractivity contribution in [2.24, 2.45) is 0 Å². The van der Waals surface area contributed by atoms with Gasteiger partial charge in [0.05, 0.1) is 12.1 Å². The zero-order chi connectivity index (χ0) is 25.5. The molecule has 1 atom stereocenters. The highest BCUT2D eigenvalue weighted by Gasteiger charge is 2.20. The van der Waals surface area contributed by atoms with E-state index in [0.29, 0.717) is 18.9 Å². The minimum absolute atomic E-state index is 0.102. The fourth-order valence-electron chi connectivity index (χ4n) is 4.25. The molecule has 0 radical (unpaired) electrons. The Balaban J connectivity index is 1.27. The third kappa shape index (κ3) is 6.56. The number of carbonyl (C=O) groups excluding carboxylic acids is 1. The van der Waals surface area contributed by atoms with Gasteiger partial charge in [0.2, 0.25) is 0 Å². The number of aliphatic hydroxyl groups excluding tert-OH is 1. The maximum atomic E-state index is 11.4. The summed E-state index contributed by atoms with van der Waals surface area (Å²) in [6, 6.07) is 21.7. The van der Waals surface area contributed by atoms with E-state index in [1.807, 2.05) is 60.7 Å². The highest BCUT2D eigenvalue weighted by Crippen LogP contribution is 2.33. The van der Waals surface area contributed by atoms with E-state index >= 15 is 0 Å². The SMILES string of the molecule is CCOC(=O)COc1ccc(CC(C)(C)NCC(O)COc2cccc3[nH]c4ccccc4c23)cc1. The second kappa shape index (κ2) is 11.5. The lowest BCUT2D eigenvalue weighted by Gasteiger charge is -2.28. The van der Waals surface area contributed by atoms with Crippen molar-refractivity contribution < 1.29 is 24.1 Å². The van der Waals surface area contributed by atoms with Crippen molar-refractivity contribution >= 4 is 27.8 Å². The van der Waals surface area contributed by atoms with Gasteiger partial charge in [-0.2, -0.15) is 0 Å². The number of ether oxygens (including phenoxy) is 3. The Morgan fingerprint density at radius 3 is 2.53 bits per heavy atom. The van der Waals surface area contributed by atoms with Crippen LogP contribution >= 0.6 is 0 Å². The molecule has 4 aromatic rings. The Kier molecular flexibility index (Phi) is 8.13. The average molecular weight is 491 g/mol. The number of H-pyrrole nitrogens is 1. The molecule has 7 heteroatoms. The summed E-state index contributed by atoms with van der Waals surface area (Å²) in [5.74, 6) is 0.997. The number of aliphatic hydroxyl groups is 1. The molecule has 0 amide bonds. The summed E-state index contributed by atoms with van der Waals surface area (Å²) in [7, 11) is 0. The highest BCUT2D eigenvalue weighted by molar-refractivity contribution is 6.10. The molecule has 0 aliphatic carbocycles. The normalized spacial score (nSPS) is 12.6. The summed E-state index contributed by atoms with van der Waals surface area (Å²) in [5, 5.41) is 16.2. The molecule has 0 saturated carbocycles. The van der Waals surface area contributed by atoms with Gasteiger partial charge in [-0.15, -0.1) is 0 Å². The van der Waals surface area contributed by atoms with Crippen molar-refractivity contribution in [3.63, 3.8) is 0 Å². The molecule has 0 aliphatic rings. The number of nitrogens with one attached hydrogen (secondary N) is 2. The first kappa shape index (κ1) is 25.5. The molecule has 0 aliphatic heterocycles. The molecule has 0 saturated heterocycles. The number of β-amino-alcohol motifs (C(OH)–C–C–N with tert-alkyl or cyclic N) is 1. The molecule has 36 heavy (non-hydrogen) atoms. The van der Waals surface area contributed by atoms with Gasteiger partial charge in [0.1, 0.15) is 24.2 Å². The van der Waals surface area contributed by atoms with E-state index in [2.05, 4.69) is 30.2 Å². The molecular formula is C29H34N2O5. The van der Waals surface area contributed by atoms with Gasteiger partial charge in [0.15, 0.2) is 6.61 Å². The zero-order valence-electron chi connectivity index (χ0n) is 21.0. The molecule has 1 aromatic heterocycles. The Hall–Kier alpha value is -3.55. The van der Waals surface area contributed by atoms with Gasteiger partial charge >= 0.3 is 5.97 Å². The van der Waals surface area contributed by atoms with Crippen molar-refractivity contribution in [3.8, 4) is 11.5 Å². The first-order valence-corrected chi connectivity index (χ1v) is 12.3. The number of carbonyl (C=O) groups is 1. The monoisotopic (exact) mass is 490 g/mol. The standard InChI is InChI=1S/C29H34N2O5/c1-4-34-27(33)19-35-22-14-12-20(13-15-22)16-29(2,3)30-17-21(32)18-36-26-11-7-10-25-28(26)23-8-5-6-9-24(23)31-25/h5-15,21,30-32H,4,16-19H2,1-3H3. The zero-order valence-corrected chi connectivity index (χ0v) is 21.0. The predicted octanol–water partition coefficient (Wildman–Crippen LogP) is 4.61. The lowest BCUT2D eigenvalue weighted by molar-refractivity contribution is -0.145. The van der Waals surface area contributed by atoms with Crippen LogP contribution in [0, 0.1) is 0 Å². The van der Waals surface area contributed by atoms with E-state index < -0.39 is 6.10 Å². The summed E-state index contributed by atoms with van der Waals surface area (Å²) < 4.78 is 16.4. The van der Waals surface area contributed by atoms with E-state index in [1.54, 1.807) is 6.92 Å². The van der Waals surface area contributed by atoms with Gasteiger partial charge in [-0.1, -0.05) is 36.4 Å². The van der Waals surface area contributed by atoms with E-state index in [9.17, 15) is 9.90 Å². The molecule has 190 valence electrons. The quantitative estimate of drug-likeness (QED) is 0.251. The smallest absolute Gasteiger partial charge is 0.344 e. The third-order valence-electron chi connectivity index (χ3n) is 5.97. The molecular weight excluding hydrogens is 456 g/mol. The van der Waals surface area contributed by atoms with Crippen molar-refractivity contribution in [3.05, 3.63) is 72.3 Å². The number of rotatable bonds is 12. The highest BCUT2D eigenvalue weighted by atomic mass is 16.6. The van der Waals surface area contributed by atoms with E-state index in [0.717, 1.165) is 39.5 Å². The molecule has 4 rings (SSSR count). The van der Waals surface area contributed by atoms with Crippen molar-refractivity contribution in [1.29, 1.82) is 0 Å². The topological polar surface area (TPSA) is 92.8 Å². The molecule has 3 N–H and O–H groups in total. The van der Waals surface area contributed by atoms with Crippen LogP contribution in [0.25, 0.3) is 21.8 Å². The van der Waals surface area contributed by atoms with E-state index in [4.69, 9.17) is 14.2 Å². The number of fused-ring (bicyclic) bond motifs is 3. The number of hydrogen-bond acceptors (Lipinski definition) is 6. The molecule has 1 unspecified atom stereocenters. The van der Waals surface area contributed by atoms with Crippen LogP contribution in [0.2, 0.25) is 0 Å². The summed E-state index contributed by atoms with van der Waals surface area (Å²) >= 11 is 0.